The first-order chi connectivity index (χ1) is 8.20. The standard InChI is InChI=1S/C13H16FNO2/c1-2-11(9-3-5-10(14)6-4-9)15-12-7-8-17-13(12)16/h3-6,11-12,15H,2,7-8H2,1H3. The lowest BCUT2D eigenvalue weighted by Crippen LogP contribution is -2.36. The monoisotopic (exact) mass is 237 g/mol. The molecule has 1 fully saturated rings. The molecular formula is C13H16FNO2. The number of esters is 1. The third kappa shape index (κ3) is 2.82. The quantitative estimate of drug-likeness (QED) is 0.816. The molecule has 0 bridgehead atoms. The Labute approximate surface area is 100.0 Å². The van der Waals surface area contributed by atoms with Crippen LogP contribution < -0.4 is 5.32 Å². The van der Waals surface area contributed by atoms with Gasteiger partial charge in [0, 0.05) is 12.5 Å². The summed E-state index contributed by atoms with van der Waals surface area (Å²) in [6, 6.07) is 6.20. The molecule has 1 saturated heterocycles. The van der Waals surface area contributed by atoms with Gasteiger partial charge >= 0.3 is 5.97 Å². The van der Waals surface area contributed by atoms with Gasteiger partial charge in [-0.2, -0.15) is 0 Å². The molecule has 0 spiro atoms. The van der Waals surface area contributed by atoms with Gasteiger partial charge in [-0.05, 0) is 24.1 Å². The first-order valence-corrected chi connectivity index (χ1v) is 5.89. The van der Waals surface area contributed by atoms with E-state index < -0.39 is 0 Å². The van der Waals surface area contributed by atoms with Crippen LogP contribution in [0.1, 0.15) is 31.4 Å². The van der Waals surface area contributed by atoms with E-state index in [4.69, 9.17) is 4.74 Å². The van der Waals surface area contributed by atoms with Gasteiger partial charge < -0.3 is 4.74 Å². The fraction of sp³-hybridized carbons (Fsp3) is 0.462. The predicted molar refractivity (Wildman–Crippen MR) is 61.9 cm³/mol. The van der Waals surface area contributed by atoms with Crippen LogP contribution in [0.25, 0.3) is 0 Å². The number of carbonyl (C=O) groups is 1. The Bertz CT molecular complexity index is 391. The molecule has 2 rings (SSSR count). The van der Waals surface area contributed by atoms with Crippen LogP contribution in [0, 0.1) is 5.82 Å². The second-order valence-corrected chi connectivity index (χ2v) is 4.19. The van der Waals surface area contributed by atoms with Crippen molar-refractivity contribution in [2.75, 3.05) is 6.61 Å². The predicted octanol–water partition coefficient (Wildman–Crippen LogP) is 2.18. The minimum atomic E-state index is -0.246. The van der Waals surface area contributed by atoms with E-state index in [1.807, 2.05) is 6.92 Å². The van der Waals surface area contributed by atoms with E-state index in [0.717, 1.165) is 12.0 Å². The van der Waals surface area contributed by atoms with Gasteiger partial charge in [0.05, 0.1) is 6.61 Å². The third-order valence-electron chi connectivity index (χ3n) is 3.02. The Morgan fingerprint density at radius 3 is 2.71 bits per heavy atom. The number of cyclic esters (lactones) is 1. The minimum absolute atomic E-state index is 0.0613. The molecule has 1 aliphatic rings. The van der Waals surface area contributed by atoms with Gasteiger partial charge in [0.15, 0.2) is 0 Å². The highest BCUT2D eigenvalue weighted by Gasteiger charge is 2.28. The zero-order valence-electron chi connectivity index (χ0n) is 9.78. The van der Waals surface area contributed by atoms with E-state index in [2.05, 4.69) is 5.32 Å². The van der Waals surface area contributed by atoms with Crippen molar-refractivity contribution in [3.05, 3.63) is 35.6 Å². The van der Waals surface area contributed by atoms with Crippen molar-refractivity contribution in [1.82, 2.24) is 5.32 Å². The Morgan fingerprint density at radius 2 is 2.18 bits per heavy atom. The summed E-state index contributed by atoms with van der Waals surface area (Å²) in [6.07, 6.45) is 1.55. The van der Waals surface area contributed by atoms with Crippen LogP contribution in [0.5, 0.6) is 0 Å². The number of carbonyl (C=O) groups excluding carboxylic acids is 1. The average Bonchev–Trinajstić information content (AvgIpc) is 2.73. The molecule has 4 heteroatoms. The first-order valence-electron chi connectivity index (χ1n) is 5.89. The van der Waals surface area contributed by atoms with Gasteiger partial charge in [-0.3, -0.25) is 10.1 Å². The van der Waals surface area contributed by atoms with Gasteiger partial charge in [0.2, 0.25) is 0 Å². The molecular weight excluding hydrogens is 221 g/mol. The van der Waals surface area contributed by atoms with E-state index in [1.54, 1.807) is 12.1 Å². The number of benzene rings is 1. The summed E-state index contributed by atoms with van der Waals surface area (Å²) in [6.45, 7) is 2.51. The molecule has 17 heavy (non-hydrogen) atoms. The smallest absolute Gasteiger partial charge is 0.323 e. The molecule has 92 valence electrons. The molecule has 1 aromatic carbocycles. The van der Waals surface area contributed by atoms with Crippen molar-refractivity contribution in [3.8, 4) is 0 Å². The van der Waals surface area contributed by atoms with Gasteiger partial charge in [0.1, 0.15) is 11.9 Å². The van der Waals surface area contributed by atoms with E-state index >= 15 is 0 Å². The van der Waals surface area contributed by atoms with Gasteiger partial charge in [-0.1, -0.05) is 19.1 Å². The summed E-state index contributed by atoms with van der Waals surface area (Å²) in [7, 11) is 0. The number of ether oxygens (including phenoxy) is 1. The van der Waals surface area contributed by atoms with Crippen molar-refractivity contribution >= 4 is 5.97 Å². The molecule has 0 aromatic heterocycles. The second kappa shape index (κ2) is 5.27. The lowest BCUT2D eigenvalue weighted by molar-refractivity contribution is -0.139. The van der Waals surface area contributed by atoms with Crippen LogP contribution in [-0.4, -0.2) is 18.6 Å². The lowest BCUT2D eigenvalue weighted by atomic mass is 10.0. The highest BCUT2D eigenvalue weighted by molar-refractivity contribution is 5.77. The molecule has 3 nitrogen and oxygen atoms in total. The third-order valence-corrected chi connectivity index (χ3v) is 3.02. The van der Waals surface area contributed by atoms with Gasteiger partial charge in [-0.15, -0.1) is 0 Å². The Hall–Kier alpha value is -1.42. The SMILES string of the molecule is CCC(NC1CCOC1=O)c1ccc(F)cc1. The topological polar surface area (TPSA) is 38.3 Å². The van der Waals surface area contributed by atoms with Crippen LogP contribution in [-0.2, 0) is 9.53 Å². The van der Waals surface area contributed by atoms with Crippen molar-refractivity contribution in [2.24, 2.45) is 0 Å². The molecule has 0 radical (unpaired) electrons. The zero-order chi connectivity index (χ0) is 12.3. The van der Waals surface area contributed by atoms with Crippen molar-refractivity contribution in [2.45, 2.75) is 31.8 Å². The fourth-order valence-corrected chi connectivity index (χ4v) is 2.03. The summed E-state index contributed by atoms with van der Waals surface area (Å²) < 4.78 is 17.7. The van der Waals surface area contributed by atoms with E-state index in [-0.39, 0.29) is 23.9 Å². The molecule has 0 saturated carbocycles. The second-order valence-electron chi connectivity index (χ2n) is 4.19. The molecule has 1 aliphatic heterocycles. The average molecular weight is 237 g/mol. The van der Waals surface area contributed by atoms with Crippen LogP contribution in [0.4, 0.5) is 4.39 Å². The normalized spacial score (nSPS) is 21.3. The molecule has 1 heterocycles. The zero-order valence-corrected chi connectivity index (χ0v) is 9.78. The summed E-state index contributed by atoms with van der Waals surface area (Å²) >= 11 is 0. The maximum absolute atomic E-state index is 12.8. The van der Waals surface area contributed by atoms with Crippen LogP contribution >= 0.6 is 0 Å². The number of halogens is 1. The van der Waals surface area contributed by atoms with E-state index in [1.165, 1.54) is 12.1 Å². The van der Waals surface area contributed by atoms with Gasteiger partial charge in [0.25, 0.3) is 0 Å². The molecule has 1 N–H and O–H groups in total. The Balaban J connectivity index is 2.05. The number of nitrogens with one attached hydrogen (secondary N) is 1. The maximum atomic E-state index is 12.8. The summed E-state index contributed by atoms with van der Waals surface area (Å²) in [5.74, 6) is -0.436. The van der Waals surface area contributed by atoms with Crippen molar-refractivity contribution in [1.29, 1.82) is 0 Å². The Morgan fingerprint density at radius 1 is 1.47 bits per heavy atom. The summed E-state index contributed by atoms with van der Waals surface area (Å²) in [4.78, 5) is 11.4. The fourth-order valence-electron chi connectivity index (χ4n) is 2.03. The molecule has 2 unspecified atom stereocenters. The molecule has 0 amide bonds. The highest BCUT2D eigenvalue weighted by atomic mass is 19.1. The largest absolute Gasteiger partial charge is 0.464 e. The van der Waals surface area contributed by atoms with Crippen LogP contribution in [0.2, 0.25) is 0 Å². The highest BCUT2D eigenvalue weighted by Crippen LogP contribution is 2.20. The number of hydrogen-bond acceptors (Lipinski definition) is 3. The molecule has 1 aromatic rings. The lowest BCUT2D eigenvalue weighted by Gasteiger charge is -2.20. The Kier molecular flexibility index (Phi) is 3.74. The van der Waals surface area contributed by atoms with E-state index in [9.17, 15) is 9.18 Å². The van der Waals surface area contributed by atoms with Crippen molar-refractivity contribution < 1.29 is 13.9 Å². The maximum Gasteiger partial charge on any atom is 0.323 e. The minimum Gasteiger partial charge on any atom is -0.464 e. The summed E-state index contributed by atoms with van der Waals surface area (Å²) in [5.41, 5.74) is 0.994. The van der Waals surface area contributed by atoms with Crippen LogP contribution in [0.3, 0.4) is 0 Å². The molecule has 0 aliphatic carbocycles. The van der Waals surface area contributed by atoms with Crippen molar-refractivity contribution in [3.63, 3.8) is 0 Å². The van der Waals surface area contributed by atoms with E-state index in [0.29, 0.717) is 13.0 Å². The van der Waals surface area contributed by atoms with Gasteiger partial charge in [-0.25, -0.2) is 4.39 Å². The van der Waals surface area contributed by atoms with Crippen LogP contribution in [0.15, 0.2) is 24.3 Å². The number of hydrogen-bond donors (Lipinski definition) is 1. The summed E-state index contributed by atoms with van der Waals surface area (Å²) in [5, 5.41) is 3.25. The number of rotatable bonds is 4. The first kappa shape index (κ1) is 12.0. The molecule has 2 atom stereocenters.